The van der Waals surface area contributed by atoms with E-state index in [4.69, 9.17) is 9.15 Å². The van der Waals surface area contributed by atoms with Crippen molar-refractivity contribution in [1.82, 2.24) is 4.90 Å². The molecule has 0 N–H and O–H groups in total. The van der Waals surface area contributed by atoms with E-state index in [0.29, 0.717) is 30.2 Å². The lowest BCUT2D eigenvalue weighted by Gasteiger charge is -2.11. The summed E-state index contributed by atoms with van der Waals surface area (Å²) < 4.78 is 10.7. The predicted octanol–water partition coefficient (Wildman–Crippen LogP) is 4.81. The fourth-order valence-electron chi connectivity index (χ4n) is 2.38. The summed E-state index contributed by atoms with van der Waals surface area (Å²) in [5.74, 6) is 0.280. The van der Waals surface area contributed by atoms with E-state index in [0.717, 1.165) is 21.7 Å². The Morgan fingerprint density at radius 1 is 1.19 bits per heavy atom. The maximum absolute atomic E-state index is 12.4. The van der Waals surface area contributed by atoms with Gasteiger partial charge in [0.15, 0.2) is 5.09 Å². The molecule has 1 aliphatic heterocycles. The van der Waals surface area contributed by atoms with Crippen LogP contribution in [0.1, 0.15) is 17.7 Å². The van der Waals surface area contributed by atoms with Crippen LogP contribution in [0.4, 0.5) is 4.79 Å². The summed E-state index contributed by atoms with van der Waals surface area (Å²) in [6, 6.07) is 11.8. The van der Waals surface area contributed by atoms with Gasteiger partial charge in [0, 0.05) is 31.2 Å². The van der Waals surface area contributed by atoms with E-state index in [-0.39, 0.29) is 11.1 Å². The molecule has 5 nitrogen and oxygen atoms in total. The van der Waals surface area contributed by atoms with E-state index < -0.39 is 0 Å². The number of furan rings is 1. The summed E-state index contributed by atoms with van der Waals surface area (Å²) in [4.78, 5) is 27.1. The highest BCUT2D eigenvalue weighted by Crippen LogP contribution is 2.34. The fraction of sp³-hybridized carbons (Fsp3) is 0.263. The number of hydrogen-bond donors (Lipinski definition) is 0. The molecule has 0 unspecified atom stereocenters. The van der Waals surface area contributed by atoms with E-state index in [1.165, 1.54) is 22.2 Å². The first-order valence-electron chi connectivity index (χ1n) is 8.15. The number of ether oxygens (including phenoxy) is 1. The molecular weight excluding hydrogens is 370 g/mol. The van der Waals surface area contributed by atoms with Crippen LogP contribution in [0.15, 0.2) is 55.7 Å². The van der Waals surface area contributed by atoms with Gasteiger partial charge in [-0.3, -0.25) is 14.5 Å². The molecule has 136 valence electrons. The molecule has 2 amide bonds. The van der Waals surface area contributed by atoms with E-state index in [9.17, 15) is 9.59 Å². The van der Waals surface area contributed by atoms with Crippen molar-refractivity contribution in [3.63, 3.8) is 0 Å². The maximum Gasteiger partial charge on any atom is 0.293 e. The first kappa shape index (κ1) is 18.8. The minimum Gasteiger partial charge on any atom is -0.450 e. The molecule has 0 radical (unpaired) electrons. The van der Waals surface area contributed by atoms with Crippen LogP contribution >= 0.6 is 23.5 Å². The number of methoxy groups -OCH3 is 1. The number of carbonyl (C=O) groups is 2. The van der Waals surface area contributed by atoms with Crippen LogP contribution in [0.2, 0.25) is 0 Å². The lowest BCUT2D eigenvalue weighted by atomic mass is 10.2. The van der Waals surface area contributed by atoms with Crippen molar-refractivity contribution in [2.75, 3.05) is 20.3 Å². The summed E-state index contributed by atoms with van der Waals surface area (Å²) in [7, 11) is 1.59. The van der Waals surface area contributed by atoms with Gasteiger partial charge in [0.2, 0.25) is 0 Å². The molecule has 0 spiro atoms. The van der Waals surface area contributed by atoms with Crippen LogP contribution < -0.4 is 0 Å². The van der Waals surface area contributed by atoms with Gasteiger partial charge in [-0.05, 0) is 49.4 Å². The largest absolute Gasteiger partial charge is 0.450 e. The third-order valence-electron chi connectivity index (χ3n) is 3.72. The Balaban J connectivity index is 1.66. The van der Waals surface area contributed by atoms with Crippen molar-refractivity contribution in [2.24, 2.45) is 0 Å². The minimum atomic E-state index is -0.278. The maximum atomic E-state index is 12.4. The molecule has 1 aromatic carbocycles. The van der Waals surface area contributed by atoms with Gasteiger partial charge in [0.05, 0.1) is 4.91 Å². The Labute approximate surface area is 160 Å². The average molecular weight is 389 g/mol. The highest BCUT2D eigenvalue weighted by molar-refractivity contribution is 8.18. The zero-order chi connectivity index (χ0) is 18.5. The Hall–Kier alpha value is -1.96. The third-order valence-corrected chi connectivity index (χ3v) is 5.55. The van der Waals surface area contributed by atoms with Crippen LogP contribution in [0, 0.1) is 6.92 Å². The number of amides is 2. The topological polar surface area (TPSA) is 59.8 Å². The van der Waals surface area contributed by atoms with E-state index in [1.54, 1.807) is 19.3 Å². The molecule has 2 aromatic rings. The Morgan fingerprint density at radius 3 is 2.69 bits per heavy atom. The minimum absolute atomic E-state index is 0.252. The van der Waals surface area contributed by atoms with E-state index in [2.05, 4.69) is 0 Å². The molecular formula is C19H19NO4S2. The van der Waals surface area contributed by atoms with Crippen LogP contribution in [-0.2, 0) is 9.53 Å². The third kappa shape index (κ3) is 4.60. The number of aryl methyl sites for hydroxylation is 1. The number of benzene rings is 1. The standard InChI is InChI=1S/C19H19NO4S2/c1-13-4-7-15(8-5-13)25-17-9-6-14(24-17)12-16-18(21)20(19(22)26-16)10-3-11-23-2/h4-9,12H,3,10-11H2,1-2H3/b16-12+. The van der Waals surface area contributed by atoms with E-state index in [1.807, 2.05) is 37.3 Å². The molecule has 26 heavy (non-hydrogen) atoms. The lowest BCUT2D eigenvalue weighted by Crippen LogP contribution is -2.29. The number of hydrogen-bond acceptors (Lipinski definition) is 6. The van der Waals surface area contributed by atoms with Gasteiger partial charge in [-0.2, -0.15) is 0 Å². The Bertz CT molecular complexity index is 826. The van der Waals surface area contributed by atoms with Gasteiger partial charge < -0.3 is 9.15 Å². The summed E-state index contributed by atoms with van der Waals surface area (Å²) in [5.41, 5.74) is 1.20. The van der Waals surface area contributed by atoms with Crippen LogP contribution in [0.5, 0.6) is 0 Å². The quantitative estimate of drug-likeness (QED) is 0.500. The summed E-state index contributed by atoms with van der Waals surface area (Å²) >= 11 is 2.45. The lowest BCUT2D eigenvalue weighted by molar-refractivity contribution is -0.122. The predicted molar refractivity (Wildman–Crippen MR) is 103 cm³/mol. The van der Waals surface area contributed by atoms with Gasteiger partial charge in [0.1, 0.15) is 5.76 Å². The highest BCUT2D eigenvalue weighted by atomic mass is 32.2. The van der Waals surface area contributed by atoms with Gasteiger partial charge in [-0.15, -0.1) is 0 Å². The first-order chi connectivity index (χ1) is 12.6. The molecule has 3 rings (SSSR count). The molecule has 0 atom stereocenters. The van der Waals surface area contributed by atoms with E-state index >= 15 is 0 Å². The van der Waals surface area contributed by atoms with Gasteiger partial charge in [-0.1, -0.05) is 29.5 Å². The summed E-state index contributed by atoms with van der Waals surface area (Å²) in [6.07, 6.45) is 2.25. The van der Waals surface area contributed by atoms with Crippen molar-refractivity contribution >= 4 is 40.7 Å². The molecule has 0 saturated carbocycles. The Morgan fingerprint density at radius 2 is 1.96 bits per heavy atom. The molecule has 2 heterocycles. The number of rotatable bonds is 7. The average Bonchev–Trinajstić information content (AvgIpc) is 3.16. The van der Waals surface area contributed by atoms with Crippen LogP contribution in [0.3, 0.4) is 0 Å². The second kappa shape index (κ2) is 8.62. The summed E-state index contributed by atoms with van der Waals surface area (Å²) in [5, 5.41) is 0.484. The van der Waals surface area contributed by atoms with Crippen molar-refractivity contribution in [3.8, 4) is 0 Å². The van der Waals surface area contributed by atoms with Crippen molar-refractivity contribution in [1.29, 1.82) is 0 Å². The van der Waals surface area contributed by atoms with Crippen molar-refractivity contribution in [3.05, 3.63) is 52.6 Å². The van der Waals surface area contributed by atoms with Crippen molar-refractivity contribution < 1.29 is 18.7 Å². The molecule has 1 saturated heterocycles. The van der Waals surface area contributed by atoms with Gasteiger partial charge in [-0.25, -0.2) is 0 Å². The number of imide groups is 1. The van der Waals surface area contributed by atoms with Gasteiger partial charge >= 0.3 is 0 Å². The van der Waals surface area contributed by atoms with Crippen LogP contribution in [-0.4, -0.2) is 36.3 Å². The summed E-state index contributed by atoms with van der Waals surface area (Å²) in [6.45, 7) is 2.92. The number of carbonyl (C=O) groups excluding carboxylic acids is 2. The smallest absolute Gasteiger partial charge is 0.293 e. The molecule has 7 heteroatoms. The van der Waals surface area contributed by atoms with Crippen molar-refractivity contribution in [2.45, 2.75) is 23.3 Å². The zero-order valence-electron chi connectivity index (χ0n) is 14.6. The Kier molecular flexibility index (Phi) is 6.24. The second-order valence-corrected chi connectivity index (χ2v) is 7.82. The molecule has 1 aliphatic rings. The number of thioether (sulfide) groups is 1. The molecule has 0 bridgehead atoms. The molecule has 1 fully saturated rings. The SMILES string of the molecule is COCCCN1C(=O)S/C(=C/c2ccc(Sc3ccc(C)cc3)o2)C1=O. The van der Waals surface area contributed by atoms with Crippen LogP contribution in [0.25, 0.3) is 6.08 Å². The van der Waals surface area contributed by atoms with Gasteiger partial charge in [0.25, 0.3) is 11.1 Å². The molecule has 1 aromatic heterocycles. The zero-order valence-corrected chi connectivity index (χ0v) is 16.2. The monoisotopic (exact) mass is 389 g/mol. The second-order valence-electron chi connectivity index (χ2n) is 5.75. The highest BCUT2D eigenvalue weighted by Gasteiger charge is 2.34. The fourth-order valence-corrected chi connectivity index (χ4v) is 4.00. The number of nitrogens with zero attached hydrogens (tertiary/aromatic N) is 1. The molecule has 0 aliphatic carbocycles. The first-order valence-corrected chi connectivity index (χ1v) is 9.79. The normalized spacial score (nSPS) is 16.1.